The monoisotopic (exact) mass is 417 g/mol. The molecule has 0 saturated heterocycles. The van der Waals surface area contributed by atoms with Crippen molar-refractivity contribution in [2.24, 2.45) is 0 Å². The third kappa shape index (κ3) is 5.85. The quantitative estimate of drug-likeness (QED) is 0.638. The molecular formula is C17H18Cl3N3O3. The summed E-state index contributed by atoms with van der Waals surface area (Å²) in [7, 11) is 0. The predicted molar refractivity (Wildman–Crippen MR) is 105 cm³/mol. The minimum absolute atomic E-state index is 0. The van der Waals surface area contributed by atoms with Crippen molar-refractivity contribution in [3.63, 3.8) is 0 Å². The average molecular weight is 419 g/mol. The molecule has 0 spiro atoms. The Morgan fingerprint density at radius 1 is 1.15 bits per heavy atom. The number of amides is 1. The molecule has 0 unspecified atom stereocenters. The Kier molecular flexibility index (Phi) is 8.81. The summed E-state index contributed by atoms with van der Waals surface area (Å²) in [4.78, 5) is 27.3. The first-order chi connectivity index (χ1) is 11.9. The number of likely N-dealkylation sites (N-methyl/N-ethyl adjacent to an activating group) is 1. The zero-order valence-electron chi connectivity index (χ0n) is 13.8. The summed E-state index contributed by atoms with van der Waals surface area (Å²) in [6.45, 7) is 2.42. The molecular weight excluding hydrogens is 401 g/mol. The molecule has 1 aromatic carbocycles. The molecule has 26 heavy (non-hydrogen) atoms. The highest BCUT2D eigenvalue weighted by Gasteiger charge is 2.17. The van der Waals surface area contributed by atoms with Gasteiger partial charge in [-0.15, -0.1) is 12.4 Å². The molecule has 1 atom stereocenters. The molecule has 0 aliphatic rings. The van der Waals surface area contributed by atoms with Crippen LogP contribution in [0.25, 0.3) is 0 Å². The molecule has 0 fully saturated rings. The van der Waals surface area contributed by atoms with Gasteiger partial charge in [0.25, 0.3) is 5.91 Å². The topological polar surface area (TPSA) is 91.3 Å². The summed E-state index contributed by atoms with van der Waals surface area (Å²) < 4.78 is 0. The number of anilines is 1. The van der Waals surface area contributed by atoms with E-state index in [1.54, 1.807) is 24.3 Å². The van der Waals surface area contributed by atoms with Gasteiger partial charge >= 0.3 is 5.97 Å². The summed E-state index contributed by atoms with van der Waals surface area (Å²) in [6, 6.07) is 6.26. The van der Waals surface area contributed by atoms with Crippen molar-refractivity contribution in [3.05, 3.63) is 57.8 Å². The lowest BCUT2D eigenvalue weighted by Crippen LogP contribution is -2.38. The van der Waals surface area contributed by atoms with Crippen LogP contribution in [0.3, 0.4) is 0 Å². The van der Waals surface area contributed by atoms with E-state index in [2.05, 4.69) is 15.6 Å². The zero-order valence-corrected chi connectivity index (χ0v) is 16.2. The third-order valence-corrected chi connectivity index (χ3v) is 4.05. The maximum Gasteiger partial charge on any atom is 0.321 e. The fourth-order valence-corrected chi connectivity index (χ4v) is 2.81. The van der Waals surface area contributed by atoms with Gasteiger partial charge in [-0.25, -0.2) is 0 Å². The average Bonchev–Trinajstić information content (AvgIpc) is 2.56. The molecule has 0 radical (unpaired) electrons. The number of nitrogens with one attached hydrogen (secondary N) is 2. The Balaban J connectivity index is 0.00000338. The molecule has 2 rings (SSSR count). The molecule has 1 heterocycles. The van der Waals surface area contributed by atoms with Crippen LogP contribution in [0.15, 0.2) is 36.7 Å². The van der Waals surface area contributed by atoms with Crippen molar-refractivity contribution in [3.8, 4) is 0 Å². The number of carbonyl (C=O) groups excluding carboxylic acids is 1. The molecule has 1 amide bonds. The lowest BCUT2D eigenvalue weighted by atomic mass is 10.1. The Hall–Kier alpha value is -1.86. The van der Waals surface area contributed by atoms with Gasteiger partial charge < -0.3 is 15.7 Å². The van der Waals surface area contributed by atoms with E-state index in [0.717, 1.165) is 5.56 Å². The molecule has 3 N–H and O–H groups in total. The molecule has 0 bridgehead atoms. The predicted octanol–water partition coefficient (Wildman–Crippen LogP) is 3.67. The minimum Gasteiger partial charge on any atom is -0.480 e. The van der Waals surface area contributed by atoms with E-state index in [1.807, 2.05) is 6.92 Å². The van der Waals surface area contributed by atoms with Gasteiger partial charge in [0, 0.05) is 18.1 Å². The largest absolute Gasteiger partial charge is 0.480 e. The number of hydrogen-bond acceptors (Lipinski definition) is 4. The van der Waals surface area contributed by atoms with Crippen molar-refractivity contribution in [2.75, 3.05) is 11.9 Å². The van der Waals surface area contributed by atoms with E-state index in [4.69, 9.17) is 28.3 Å². The third-order valence-electron chi connectivity index (χ3n) is 3.48. The number of aromatic nitrogens is 1. The molecule has 1 aromatic heterocycles. The summed E-state index contributed by atoms with van der Waals surface area (Å²) in [5.41, 5.74) is 1.54. The molecule has 0 aliphatic heterocycles. The summed E-state index contributed by atoms with van der Waals surface area (Å²) in [6.07, 6.45) is 3.04. The second-order valence-electron chi connectivity index (χ2n) is 5.28. The molecule has 2 aromatic rings. The summed E-state index contributed by atoms with van der Waals surface area (Å²) >= 11 is 11.9. The fraction of sp³-hybridized carbons (Fsp3) is 0.235. The Labute approximate surface area is 167 Å². The number of pyridine rings is 1. The van der Waals surface area contributed by atoms with Gasteiger partial charge in [0.1, 0.15) is 6.04 Å². The van der Waals surface area contributed by atoms with E-state index in [-0.39, 0.29) is 28.0 Å². The number of rotatable bonds is 7. The van der Waals surface area contributed by atoms with Crippen LogP contribution in [0.4, 0.5) is 5.69 Å². The molecule has 140 valence electrons. The standard InChI is InChI=1S/C17H17Cl2N3O3.ClH/c1-2-21-14(17(24)25)7-10-3-5-11(6-4-10)22-16(23)15-12(18)8-20-9-13(15)19;/h3-6,8-9,14,21H,2,7H2,1H3,(H,22,23)(H,24,25);1H/t14-;/m0./s1. The van der Waals surface area contributed by atoms with Crippen LogP contribution in [0, 0.1) is 0 Å². The molecule has 0 saturated carbocycles. The SMILES string of the molecule is CCN[C@@H](Cc1ccc(NC(=O)c2c(Cl)cncc2Cl)cc1)C(=O)O.Cl. The molecule has 6 nitrogen and oxygen atoms in total. The van der Waals surface area contributed by atoms with E-state index in [0.29, 0.717) is 18.7 Å². The van der Waals surface area contributed by atoms with Gasteiger partial charge in [-0.2, -0.15) is 0 Å². The van der Waals surface area contributed by atoms with Gasteiger partial charge in [-0.1, -0.05) is 42.3 Å². The lowest BCUT2D eigenvalue weighted by molar-refractivity contribution is -0.139. The zero-order chi connectivity index (χ0) is 18.4. The smallest absolute Gasteiger partial charge is 0.321 e. The first kappa shape index (κ1) is 22.2. The van der Waals surface area contributed by atoms with E-state index >= 15 is 0 Å². The van der Waals surface area contributed by atoms with Crippen LogP contribution in [0.1, 0.15) is 22.8 Å². The first-order valence-corrected chi connectivity index (χ1v) is 8.33. The van der Waals surface area contributed by atoms with Crippen LogP contribution in [-0.4, -0.2) is 34.6 Å². The van der Waals surface area contributed by atoms with Crippen molar-refractivity contribution in [1.82, 2.24) is 10.3 Å². The maximum atomic E-state index is 12.3. The highest BCUT2D eigenvalue weighted by molar-refractivity contribution is 6.40. The second kappa shape index (κ2) is 10.3. The molecule has 9 heteroatoms. The summed E-state index contributed by atoms with van der Waals surface area (Å²) in [5, 5.41) is 15.1. The van der Waals surface area contributed by atoms with Gasteiger partial charge in [0.15, 0.2) is 0 Å². The van der Waals surface area contributed by atoms with Gasteiger partial charge in [-0.05, 0) is 30.7 Å². The minimum atomic E-state index is -0.902. The van der Waals surface area contributed by atoms with Crippen molar-refractivity contribution < 1.29 is 14.7 Å². The van der Waals surface area contributed by atoms with Crippen molar-refractivity contribution in [1.29, 1.82) is 0 Å². The Bertz CT molecular complexity index is 749. The van der Waals surface area contributed by atoms with Crippen LogP contribution in [-0.2, 0) is 11.2 Å². The molecule has 0 aliphatic carbocycles. The number of aliphatic carboxylic acids is 1. The van der Waals surface area contributed by atoms with Crippen LogP contribution >= 0.6 is 35.6 Å². The number of carboxylic acids is 1. The van der Waals surface area contributed by atoms with Crippen LogP contribution < -0.4 is 10.6 Å². The Morgan fingerprint density at radius 2 is 1.73 bits per heavy atom. The van der Waals surface area contributed by atoms with Crippen molar-refractivity contribution in [2.45, 2.75) is 19.4 Å². The van der Waals surface area contributed by atoms with Crippen LogP contribution in [0.2, 0.25) is 10.0 Å². The number of benzene rings is 1. The fourth-order valence-electron chi connectivity index (χ4n) is 2.27. The van der Waals surface area contributed by atoms with E-state index < -0.39 is 17.9 Å². The van der Waals surface area contributed by atoms with Crippen molar-refractivity contribution >= 4 is 53.2 Å². The van der Waals surface area contributed by atoms with Gasteiger partial charge in [0.05, 0.1) is 15.6 Å². The second-order valence-corrected chi connectivity index (χ2v) is 6.10. The van der Waals surface area contributed by atoms with Crippen LogP contribution in [0.5, 0.6) is 0 Å². The van der Waals surface area contributed by atoms with Gasteiger partial charge in [-0.3, -0.25) is 14.6 Å². The first-order valence-electron chi connectivity index (χ1n) is 7.57. The van der Waals surface area contributed by atoms with E-state index in [9.17, 15) is 9.59 Å². The Morgan fingerprint density at radius 3 is 2.23 bits per heavy atom. The lowest BCUT2D eigenvalue weighted by Gasteiger charge is -2.13. The number of halogens is 3. The van der Waals surface area contributed by atoms with Gasteiger partial charge in [0.2, 0.25) is 0 Å². The number of nitrogens with zero attached hydrogens (tertiary/aromatic N) is 1. The number of hydrogen-bond donors (Lipinski definition) is 3. The summed E-state index contributed by atoms with van der Waals surface area (Å²) in [5.74, 6) is -1.34. The maximum absolute atomic E-state index is 12.3. The highest BCUT2D eigenvalue weighted by Crippen LogP contribution is 2.24. The number of carboxylic acid groups (broad SMARTS) is 1. The number of carbonyl (C=O) groups is 2. The highest BCUT2D eigenvalue weighted by atomic mass is 35.5. The van der Waals surface area contributed by atoms with E-state index in [1.165, 1.54) is 12.4 Å². The normalized spacial score (nSPS) is 11.3.